The number of aliphatic imine (C=N–C) groups is 2. The van der Waals surface area contributed by atoms with E-state index in [1.165, 1.54) is 11.8 Å². The average molecular weight is 379 g/mol. The van der Waals surface area contributed by atoms with E-state index >= 15 is 0 Å². The lowest BCUT2D eigenvalue weighted by Crippen LogP contribution is -2.27. The Morgan fingerprint density at radius 1 is 1.19 bits per heavy atom. The minimum absolute atomic E-state index is 0.177. The molecule has 0 spiro atoms. The van der Waals surface area contributed by atoms with E-state index in [9.17, 15) is 4.79 Å². The van der Waals surface area contributed by atoms with Gasteiger partial charge in [0.15, 0.2) is 11.0 Å². The van der Waals surface area contributed by atoms with E-state index in [-0.39, 0.29) is 11.8 Å². The van der Waals surface area contributed by atoms with Gasteiger partial charge in [-0.1, -0.05) is 42.1 Å². The first-order valence-electron chi connectivity index (χ1n) is 8.38. The van der Waals surface area contributed by atoms with Crippen LogP contribution in [0.1, 0.15) is 0 Å². The van der Waals surface area contributed by atoms with Crippen LogP contribution >= 0.6 is 11.8 Å². The number of hydrogen-bond donors (Lipinski definition) is 0. The van der Waals surface area contributed by atoms with Crippen molar-refractivity contribution in [3.8, 4) is 17.1 Å². The summed E-state index contributed by atoms with van der Waals surface area (Å²) in [5, 5.41) is 9.26. The first-order chi connectivity index (χ1) is 13.2. The highest BCUT2D eigenvalue weighted by molar-refractivity contribution is 7.99. The number of nitrogens with zero attached hydrogens (tertiary/aromatic N) is 5. The summed E-state index contributed by atoms with van der Waals surface area (Å²) in [5.74, 6) is 1.86. The molecule has 0 saturated heterocycles. The number of methoxy groups -OCH3 is 1. The lowest BCUT2D eigenvalue weighted by Gasteiger charge is -2.17. The molecule has 0 N–H and O–H groups in total. The number of rotatable bonds is 5. The highest BCUT2D eigenvalue weighted by Crippen LogP contribution is 2.30. The topological polar surface area (TPSA) is 81.7 Å². The summed E-state index contributed by atoms with van der Waals surface area (Å²) in [6, 6.07) is 7.67. The lowest BCUT2D eigenvalue weighted by molar-refractivity contribution is -0.118. The van der Waals surface area contributed by atoms with Gasteiger partial charge in [0, 0.05) is 7.05 Å². The molecule has 8 heteroatoms. The zero-order valence-electron chi connectivity index (χ0n) is 14.9. The van der Waals surface area contributed by atoms with Crippen LogP contribution in [-0.4, -0.2) is 45.1 Å². The van der Waals surface area contributed by atoms with Gasteiger partial charge in [0.1, 0.15) is 17.5 Å². The van der Waals surface area contributed by atoms with E-state index in [2.05, 4.69) is 20.2 Å². The van der Waals surface area contributed by atoms with Crippen molar-refractivity contribution in [3.63, 3.8) is 0 Å². The van der Waals surface area contributed by atoms with E-state index < -0.39 is 0 Å². The largest absolute Gasteiger partial charge is 0.496 e. The standard InChI is InChI=1S/C19H17N5O2S/c1-24-17(13-8-4-6-10-15(13)26-2)22-23-19(24)27-11-16-20-14-9-5-3-7-12(14)18(25)21-16/h3-10,12H,11H2,1-2H3. The van der Waals surface area contributed by atoms with Crippen LogP contribution in [0, 0.1) is 5.92 Å². The summed E-state index contributed by atoms with van der Waals surface area (Å²) in [6.07, 6.45) is 7.39. The third-order valence-corrected chi connectivity index (χ3v) is 5.29. The van der Waals surface area contributed by atoms with Gasteiger partial charge in [-0.2, -0.15) is 4.99 Å². The Hall–Kier alpha value is -3.00. The van der Waals surface area contributed by atoms with E-state index in [1.807, 2.05) is 60.2 Å². The number of aromatic nitrogens is 3. The van der Waals surface area contributed by atoms with Crippen LogP contribution in [-0.2, 0) is 11.8 Å². The van der Waals surface area contributed by atoms with Crippen LogP contribution in [0.15, 0.2) is 63.7 Å². The second-order valence-corrected chi connectivity index (χ2v) is 6.92. The number of thioether (sulfide) groups is 1. The summed E-state index contributed by atoms with van der Waals surface area (Å²) in [4.78, 5) is 20.8. The number of benzene rings is 1. The Kier molecular flexibility index (Phi) is 4.72. The highest BCUT2D eigenvalue weighted by atomic mass is 32.2. The number of hydrogen-bond acceptors (Lipinski definition) is 6. The maximum absolute atomic E-state index is 12.2. The van der Waals surface area contributed by atoms with Gasteiger partial charge in [0.25, 0.3) is 5.91 Å². The van der Waals surface area contributed by atoms with Gasteiger partial charge in [-0.15, -0.1) is 10.2 Å². The van der Waals surface area contributed by atoms with Gasteiger partial charge in [0.05, 0.1) is 24.1 Å². The van der Waals surface area contributed by atoms with Crippen molar-refractivity contribution in [1.29, 1.82) is 0 Å². The fraction of sp³-hybridized carbons (Fsp3) is 0.211. The summed E-state index contributed by atoms with van der Waals surface area (Å²) in [5.41, 5.74) is 1.61. The molecule has 1 aliphatic heterocycles. The molecule has 1 aliphatic carbocycles. The van der Waals surface area contributed by atoms with Gasteiger partial charge < -0.3 is 9.30 Å². The predicted octanol–water partition coefficient (Wildman–Crippen LogP) is 2.70. The molecular formula is C19H17N5O2S. The molecule has 4 rings (SSSR count). The minimum Gasteiger partial charge on any atom is -0.496 e. The number of carbonyl (C=O) groups excluding carboxylic acids is 1. The molecule has 7 nitrogen and oxygen atoms in total. The quantitative estimate of drug-likeness (QED) is 0.746. The Morgan fingerprint density at radius 2 is 2.04 bits per heavy atom. The van der Waals surface area contributed by atoms with E-state index in [0.717, 1.165) is 17.0 Å². The Morgan fingerprint density at radius 3 is 2.89 bits per heavy atom. The van der Waals surface area contributed by atoms with Crippen LogP contribution in [0.25, 0.3) is 11.4 Å². The van der Waals surface area contributed by atoms with Crippen LogP contribution < -0.4 is 4.74 Å². The zero-order valence-corrected chi connectivity index (χ0v) is 15.7. The molecule has 0 radical (unpaired) electrons. The number of amides is 1. The van der Waals surface area contributed by atoms with E-state index in [4.69, 9.17) is 4.74 Å². The Bertz CT molecular complexity index is 1020. The monoisotopic (exact) mass is 379 g/mol. The molecular weight excluding hydrogens is 362 g/mol. The first kappa shape index (κ1) is 17.4. The maximum Gasteiger partial charge on any atom is 0.260 e. The van der Waals surface area contributed by atoms with Crippen LogP contribution in [0.5, 0.6) is 5.75 Å². The summed E-state index contributed by atoms with van der Waals surface area (Å²) < 4.78 is 7.30. The van der Waals surface area contributed by atoms with Gasteiger partial charge in [-0.05, 0) is 18.2 Å². The minimum atomic E-state index is -0.351. The van der Waals surface area contributed by atoms with Crippen molar-refractivity contribution in [2.24, 2.45) is 23.0 Å². The van der Waals surface area contributed by atoms with Gasteiger partial charge >= 0.3 is 0 Å². The highest BCUT2D eigenvalue weighted by Gasteiger charge is 2.26. The van der Waals surface area contributed by atoms with Crippen molar-refractivity contribution < 1.29 is 9.53 Å². The molecule has 2 heterocycles. The Labute approximate surface area is 160 Å². The van der Waals surface area contributed by atoms with Crippen molar-refractivity contribution >= 4 is 29.2 Å². The number of allylic oxidation sites excluding steroid dienone is 3. The van der Waals surface area contributed by atoms with Crippen molar-refractivity contribution in [2.75, 3.05) is 12.9 Å². The molecule has 1 amide bonds. The molecule has 0 fully saturated rings. The van der Waals surface area contributed by atoms with Crippen molar-refractivity contribution in [3.05, 3.63) is 48.6 Å². The Balaban J connectivity index is 1.53. The SMILES string of the molecule is COc1ccccc1-c1nnc(SCC2=NC(=O)C3C=CC=CC3=N2)n1C. The number of carbonyl (C=O) groups is 1. The van der Waals surface area contributed by atoms with Crippen molar-refractivity contribution in [2.45, 2.75) is 5.16 Å². The predicted molar refractivity (Wildman–Crippen MR) is 105 cm³/mol. The second-order valence-electron chi connectivity index (χ2n) is 5.98. The smallest absolute Gasteiger partial charge is 0.260 e. The fourth-order valence-corrected chi connectivity index (χ4v) is 3.68. The molecule has 2 aromatic rings. The number of amidine groups is 1. The zero-order chi connectivity index (χ0) is 18.8. The normalized spacial score (nSPS) is 18.1. The average Bonchev–Trinajstić information content (AvgIpc) is 3.06. The maximum atomic E-state index is 12.2. The van der Waals surface area contributed by atoms with E-state index in [0.29, 0.717) is 22.6 Å². The van der Waals surface area contributed by atoms with Gasteiger partial charge in [0.2, 0.25) is 0 Å². The molecule has 136 valence electrons. The summed E-state index contributed by atoms with van der Waals surface area (Å²) in [6.45, 7) is 0. The molecule has 1 aromatic carbocycles. The molecule has 1 atom stereocenters. The molecule has 2 aliphatic rings. The second kappa shape index (κ2) is 7.32. The summed E-state index contributed by atoms with van der Waals surface area (Å²) in [7, 11) is 3.53. The van der Waals surface area contributed by atoms with Gasteiger partial charge in [-0.25, -0.2) is 4.99 Å². The lowest BCUT2D eigenvalue weighted by atomic mass is 9.97. The van der Waals surface area contributed by atoms with Crippen LogP contribution in [0.4, 0.5) is 0 Å². The fourth-order valence-electron chi connectivity index (χ4n) is 2.92. The number of fused-ring (bicyclic) bond motifs is 1. The molecule has 1 aromatic heterocycles. The number of ether oxygens (including phenoxy) is 1. The third kappa shape index (κ3) is 3.35. The van der Waals surface area contributed by atoms with E-state index in [1.54, 1.807) is 7.11 Å². The third-order valence-electron chi connectivity index (χ3n) is 4.28. The van der Waals surface area contributed by atoms with Crippen LogP contribution in [0.3, 0.4) is 0 Å². The van der Waals surface area contributed by atoms with Gasteiger partial charge in [-0.3, -0.25) is 4.79 Å². The van der Waals surface area contributed by atoms with Crippen LogP contribution in [0.2, 0.25) is 0 Å². The molecule has 0 bridgehead atoms. The first-order valence-corrected chi connectivity index (χ1v) is 9.36. The summed E-state index contributed by atoms with van der Waals surface area (Å²) >= 11 is 1.44. The molecule has 0 saturated carbocycles. The number of para-hydroxylation sites is 1. The molecule has 1 unspecified atom stereocenters. The van der Waals surface area contributed by atoms with Crippen molar-refractivity contribution in [1.82, 2.24) is 14.8 Å². The molecule has 27 heavy (non-hydrogen) atoms.